The van der Waals surface area contributed by atoms with E-state index in [2.05, 4.69) is 57.2 Å². The van der Waals surface area contributed by atoms with Gasteiger partial charge >= 0.3 is 0 Å². The lowest BCUT2D eigenvalue weighted by Gasteiger charge is -2.16. The Morgan fingerprint density at radius 3 is 2.31 bits per heavy atom. The van der Waals surface area contributed by atoms with Gasteiger partial charge in [-0.05, 0) is 17.4 Å². The molecule has 13 heavy (non-hydrogen) atoms. The Labute approximate surface area is 81.3 Å². The molecule has 0 bridgehead atoms. The van der Waals surface area contributed by atoms with E-state index in [1.54, 1.807) is 0 Å². The summed E-state index contributed by atoms with van der Waals surface area (Å²) in [4.78, 5) is 0. The molecule has 0 heterocycles. The Morgan fingerprint density at radius 1 is 1.15 bits per heavy atom. The molecular formula is C13H18. The summed E-state index contributed by atoms with van der Waals surface area (Å²) in [6.07, 6.45) is 5.65. The Balaban J connectivity index is 2.69. The quantitative estimate of drug-likeness (QED) is 0.646. The molecule has 0 radical (unpaired) electrons. The van der Waals surface area contributed by atoms with Crippen molar-refractivity contribution in [3.8, 4) is 0 Å². The van der Waals surface area contributed by atoms with Gasteiger partial charge < -0.3 is 0 Å². The zero-order valence-electron chi connectivity index (χ0n) is 8.75. The van der Waals surface area contributed by atoms with Crippen molar-refractivity contribution in [2.45, 2.75) is 27.2 Å². The third-order valence-electron chi connectivity index (χ3n) is 2.44. The number of hydrogen-bond donors (Lipinski definition) is 0. The maximum atomic E-state index is 2.28. The van der Waals surface area contributed by atoms with Gasteiger partial charge in [0.25, 0.3) is 0 Å². The van der Waals surface area contributed by atoms with E-state index in [1.807, 2.05) is 6.07 Å². The van der Waals surface area contributed by atoms with E-state index in [9.17, 15) is 0 Å². The van der Waals surface area contributed by atoms with E-state index in [0.717, 1.165) is 0 Å². The molecule has 0 aliphatic heterocycles. The summed E-state index contributed by atoms with van der Waals surface area (Å²) in [6, 6.07) is 10.4. The topological polar surface area (TPSA) is 0 Å². The van der Waals surface area contributed by atoms with Crippen molar-refractivity contribution in [1.29, 1.82) is 0 Å². The maximum absolute atomic E-state index is 2.28. The first kappa shape index (κ1) is 10.0. The fraction of sp³-hybridized carbons (Fsp3) is 0.385. The molecular weight excluding hydrogens is 156 g/mol. The predicted octanol–water partition coefficient (Wildman–Crippen LogP) is 4.14. The van der Waals surface area contributed by atoms with Gasteiger partial charge in [-0.3, -0.25) is 0 Å². The van der Waals surface area contributed by atoms with E-state index in [1.165, 1.54) is 12.0 Å². The molecule has 0 fully saturated rings. The third-order valence-corrected chi connectivity index (χ3v) is 2.44. The van der Waals surface area contributed by atoms with Gasteiger partial charge in [0.15, 0.2) is 0 Å². The summed E-state index contributed by atoms with van der Waals surface area (Å²) in [5.41, 5.74) is 1.60. The van der Waals surface area contributed by atoms with Crippen molar-refractivity contribution in [3.63, 3.8) is 0 Å². The lowest BCUT2D eigenvalue weighted by atomic mass is 9.89. The Kier molecular flexibility index (Phi) is 3.30. The predicted molar refractivity (Wildman–Crippen MR) is 59.5 cm³/mol. The molecule has 0 aromatic heterocycles. The van der Waals surface area contributed by atoms with Crippen molar-refractivity contribution in [3.05, 3.63) is 42.0 Å². The molecule has 0 heteroatoms. The average molecular weight is 174 g/mol. The Bertz CT molecular complexity index is 267. The van der Waals surface area contributed by atoms with Crippen LogP contribution in [0.15, 0.2) is 36.4 Å². The van der Waals surface area contributed by atoms with Crippen LogP contribution in [-0.2, 0) is 0 Å². The summed E-state index contributed by atoms with van der Waals surface area (Å²) in [5.74, 6) is 0. The minimum Gasteiger partial charge on any atom is -0.0783 e. The molecule has 1 rings (SSSR count). The lowest BCUT2D eigenvalue weighted by Crippen LogP contribution is -2.03. The minimum absolute atomic E-state index is 0.315. The molecule has 70 valence electrons. The van der Waals surface area contributed by atoms with Gasteiger partial charge in [-0.1, -0.05) is 63.3 Å². The van der Waals surface area contributed by atoms with Crippen LogP contribution < -0.4 is 0 Å². The highest BCUT2D eigenvalue weighted by Gasteiger charge is 2.08. The summed E-state index contributed by atoms with van der Waals surface area (Å²) < 4.78 is 0. The largest absolute Gasteiger partial charge is 0.0783 e. The smallest absolute Gasteiger partial charge is 0.0174 e. The molecule has 0 saturated heterocycles. The fourth-order valence-electron chi connectivity index (χ4n) is 1.00. The van der Waals surface area contributed by atoms with Crippen molar-refractivity contribution >= 4 is 6.08 Å². The summed E-state index contributed by atoms with van der Waals surface area (Å²) in [7, 11) is 0. The van der Waals surface area contributed by atoms with Gasteiger partial charge in [-0.25, -0.2) is 0 Å². The van der Waals surface area contributed by atoms with Crippen LogP contribution in [0.5, 0.6) is 0 Å². The van der Waals surface area contributed by atoms with Crippen LogP contribution in [0, 0.1) is 5.41 Å². The van der Waals surface area contributed by atoms with Gasteiger partial charge in [0, 0.05) is 0 Å². The first-order chi connectivity index (χ1) is 6.14. The van der Waals surface area contributed by atoms with Crippen molar-refractivity contribution in [2.75, 3.05) is 0 Å². The molecule has 1 aromatic rings. The SMILES string of the molecule is CCC(C)(C)C=Cc1ccccc1. The van der Waals surface area contributed by atoms with Crippen LogP contribution in [0.2, 0.25) is 0 Å². The van der Waals surface area contributed by atoms with E-state index < -0.39 is 0 Å². The third kappa shape index (κ3) is 3.45. The van der Waals surface area contributed by atoms with Gasteiger partial charge in [0.2, 0.25) is 0 Å². The van der Waals surface area contributed by atoms with Gasteiger partial charge in [-0.2, -0.15) is 0 Å². The van der Waals surface area contributed by atoms with E-state index in [4.69, 9.17) is 0 Å². The van der Waals surface area contributed by atoms with E-state index in [-0.39, 0.29) is 0 Å². The van der Waals surface area contributed by atoms with Gasteiger partial charge in [0.05, 0.1) is 0 Å². The molecule has 0 unspecified atom stereocenters. The highest BCUT2D eigenvalue weighted by molar-refractivity contribution is 5.49. The summed E-state index contributed by atoms with van der Waals surface area (Å²) in [6.45, 7) is 6.73. The molecule has 0 aliphatic rings. The molecule has 0 N–H and O–H groups in total. The monoisotopic (exact) mass is 174 g/mol. The summed E-state index contributed by atoms with van der Waals surface area (Å²) >= 11 is 0. The zero-order chi connectivity index (χ0) is 9.73. The standard InChI is InChI=1S/C13H18/c1-4-13(2,3)11-10-12-8-6-5-7-9-12/h5-11H,4H2,1-3H3. The van der Waals surface area contributed by atoms with Crippen molar-refractivity contribution in [2.24, 2.45) is 5.41 Å². The van der Waals surface area contributed by atoms with Crippen LogP contribution in [0.3, 0.4) is 0 Å². The molecule has 0 spiro atoms. The highest BCUT2D eigenvalue weighted by Crippen LogP contribution is 2.22. The first-order valence-electron chi connectivity index (χ1n) is 4.88. The van der Waals surface area contributed by atoms with Crippen molar-refractivity contribution in [1.82, 2.24) is 0 Å². The first-order valence-corrected chi connectivity index (χ1v) is 4.88. The van der Waals surface area contributed by atoms with E-state index in [0.29, 0.717) is 5.41 Å². The van der Waals surface area contributed by atoms with Crippen LogP contribution in [-0.4, -0.2) is 0 Å². The minimum atomic E-state index is 0.315. The lowest BCUT2D eigenvalue weighted by molar-refractivity contribution is 0.464. The van der Waals surface area contributed by atoms with Crippen LogP contribution in [0.1, 0.15) is 32.8 Å². The Hall–Kier alpha value is -1.04. The Morgan fingerprint density at radius 2 is 1.77 bits per heavy atom. The molecule has 0 saturated carbocycles. The normalized spacial score (nSPS) is 12.2. The van der Waals surface area contributed by atoms with Crippen LogP contribution in [0.4, 0.5) is 0 Å². The second-order valence-corrected chi connectivity index (χ2v) is 4.09. The van der Waals surface area contributed by atoms with E-state index >= 15 is 0 Å². The van der Waals surface area contributed by atoms with Gasteiger partial charge in [-0.15, -0.1) is 0 Å². The molecule has 0 amide bonds. The molecule has 1 aromatic carbocycles. The molecule has 0 aliphatic carbocycles. The number of rotatable bonds is 3. The average Bonchev–Trinajstić information content (AvgIpc) is 2.17. The fourth-order valence-corrected chi connectivity index (χ4v) is 1.00. The maximum Gasteiger partial charge on any atom is -0.0174 e. The highest BCUT2D eigenvalue weighted by atomic mass is 14.1. The van der Waals surface area contributed by atoms with Gasteiger partial charge in [0.1, 0.15) is 0 Å². The van der Waals surface area contributed by atoms with Crippen LogP contribution in [0.25, 0.3) is 6.08 Å². The second kappa shape index (κ2) is 4.27. The molecule has 0 nitrogen and oxygen atoms in total. The molecule has 0 atom stereocenters. The zero-order valence-corrected chi connectivity index (χ0v) is 8.75. The second-order valence-electron chi connectivity index (χ2n) is 4.09. The number of benzene rings is 1. The number of hydrogen-bond acceptors (Lipinski definition) is 0. The summed E-state index contributed by atoms with van der Waals surface area (Å²) in [5, 5.41) is 0. The van der Waals surface area contributed by atoms with Crippen LogP contribution >= 0.6 is 0 Å². The van der Waals surface area contributed by atoms with Crippen molar-refractivity contribution < 1.29 is 0 Å². The number of allylic oxidation sites excluding steroid dienone is 1.